The lowest BCUT2D eigenvalue weighted by Gasteiger charge is -2.10. The van der Waals surface area contributed by atoms with Gasteiger partial charge in [0.25, 0.3) is 0 Å². The van der Waals surface area contributed by atoms with E-state index in [1.54, 1.807) is 0 Å². The number of rotatable bonds is 1. The smallest absolute Gasteiger partial charge is 0.0880 e. The highest BCUT2D eigenvalue weighted by atomic mass is 16.4. The van der Waals surface area contributed by atoms with Crippen LogP contribution in [0.1, 0.15) is 29.0 Å². The van der Waals surface area contributed by atoms with Crippen molar-refractivity contribution in [2.75, 3.05) is 0 Å². The van der Waals surface area contributed by atoms with Gasteiger partial charge in [-0.3, -0.25) is 0 Å². The predicted molar refractivity (Wildman–Crippen MR) is 67.7 cm³/mol. The van der Waals surface area contributed by atoms with Gasteiger partial charge in [0.1, 0.15) is 0 Å². The number of fused-ring (bicyclic) bond motifs is 1. The summed E-state index contributed by atoms with van der Waals surface area (Å²) in [6.07, 6.45) is 0.778. The first kappa shape index (κ1) is 10.1. The van der Waals surface area contributed by atoms with Gasteiger partial charge in [-0.1, -0.05) is 59.8 Å². The molecule has 2 heteroatoms. The van der Waals surface area contributed by atoms with Crippen molar-refractivity contribution in [1.82, 2.24) is 0 Å². The van der Waals surface area contributed by atoms with Gasteiger partial charge in [0.2, 0.25) is 0 Å². The molecule has 0 saturated carbocycles. The zero-order valence-electron chi connectivity index (χ0n) is 9.38. The molecule has 0 bridgehead atoms. The summed E-state index contributed by atoms with van der Waals surface area (Å²) >= 11 is 0. The Bertz CT molecular complexity index is 560. The lowest BCUT2D eigenvalue weighted by atomic mass is 9.93. The molecule has 17 heavy (non-hydrogen) atoms. The van der Waals surface area contributed by atoms with Crippen LogP contribution in [0.2, 0.25) is 0 Å². The summed E-state index contributed by atoms with van der Waals surface area (Å²) in [7, 11) is 0. The summed E-state index contributed by atoms with van der Waals surface area (Å²) in [5, 5.41) is 12.5. The Hall–Kier alpha value is -2.09. The average molecular weight is 223 g/mol. The molecule has 0 saturated heterocycles. The first-order chi connectivity index (χ1) is 8.40. The van der Waals surface area contributed by atoms with E-state index in [-0.39, 0.29) is 0 Å². The van der Waals surface area contributed by atoms with E-state index in [4.69, 9.17) is 5.21 Å². The zero-order chi connectivity index (χ0) is 11.7. The molecular formula is C15H13NO. The molecule has 0 unspecified atom stereocenters. The second-order valence-electron chi connectivity index (χ2n) is 4.30. The van der Waals surface area contributed by atoms with Gasteiger partial charge in [-0.15, -0.1) is 0 Å². The van der Waals surface area contributed by atoms with Crippen molar-refractivity contribution in [2.45, 2.75) is 12.3 Å². The molecule has 0 aromatic heterocycles. The van der Waals surface area contributed by atoms with E-state index >= 15 is 0 Å². The van der Waals surface area contributed by atoms with Gasteiger partial charge >= 0.3 is 0 Å². The summed E-state index contributed by atoms with van der Waals surface area (Å²) in [5.74, 6) is 0.318. The molecule has 0 aliphatic heterocycles. The van der Waals surface area contributed by atoms with Gasteiger partial charge in [-0.2, -0.15) is 0 Å². The zero-order valence-corrected chi connectivity index (χ0v) is 9.38. The summed E-state index contributed by atoms with van der Waals surface area (Å²) in [6, 6.07) is 18.5. The Balaban J connectivity index is 2.11. The number of nitrogens with zero attached hydrogens (tertiary/aromatic N) is 1. The molecule has 2 aromatic carbocycles. The van der Waals surface area contributed by atoms with Crippen molar-refractivity contribution in [3.05, 3.63) is 71.3 Å². The number of oxime groups is 1. The predicted octanol–water partition coefficient (Wildman–Crippen LogP) is 3.40. The van der Waals surface area contributed by atoms with Gasteiger partial charge in [-0.05, 0) is 11.1 Å². The molecule has 1 aliphatic rings. The van der Waals surface area contributed by atoms with E-state index in [2.05, 4.69) is 23.4 Å². The Morgan fingerprint density at radius 3 is 2.41 bits per heavy atom. The quantitative estimate of drug-likeness (QED) is 0.583. The Labute approximate surface area is 100 Å². The molecule has 3 rings (SSSR count). The Morgan fingerprint density at radius 1 is 0.941 bits per heavy atom. The Kier molecular flexibility index (Phi) is 2.41. The summed E-state index contributed by atoms with van der Waals surface area (Å²) in [6.45, 7) is 0. The van der Waals surface area contributed by atoms with Crippen molar-refractivity contribution in [2.24, 2.45) is 5.16 Å². The van der Waals surface area contributed by atoms with E-state index in [0.717, 1.165) is 17.7 Å². The van der Waals surface area contributed by atoms with E-state index in [9.17, 15) is 0 Å². The third kappa shape index (κ3) is 1.62. The van der Waals surface area contributed by atoms with Gasteiger partial charge in [0.05, 0.1) is 5.71 Å². The maximum atomic E-state index is 9.07. The van der Waals surface area contributed by atoms with Gasteiger partial charge in [0, 0.05) is 17.9 Å². The van der Waals surface area contributed by atoms with E-state index in [1.807, 2.05) is 36.4 Å². The number of benzene rings is 2. The molecule has 1 N–H and O–H groups in total. The molecule has 84 valence electrons. The molecule has 0 spiro atoms. The van der Waals surface area contributed by atoms with Crippen LogP contribution in [0.5, 0.6) is 0 Å². The maximum Gasteiger partial charge on any atom is 0.0880 e. The minimum atomic E-state index is 0.318. The van der Waals surface area contributed by atoms with Crippen LogP contribution in [0, 0.1) is 0 Å². The minimum absolute atomic E-state index is 0.318. The lowest BCUT2D eigenvalue weighted by molar-refractivity contribution is 0.318. The van der Waals surface area contributed by atoms with Crippen LogP contribution in [-0.2, 0) is 0 Å². The first-order valence-electron chi connectivity index (χ1n) is 5.75. The highest BCUT2D eigenvalue weighted by Gasteiger charge is 2.28. The van der Waals surface area contributed by atoms with Crippen molar-refractivity contribution in [3.8, 4) is 0 Å². The molecule has 0 heterocycles. The highest BCUT2D eigenvalue weighted by Crippen LogP contribution is 2.37. The van der Waals surface area contributed by atoms with Crippen molar-refractivity contribution >= 4 is 5.71 Å². The minimum Gasteiger partial charge on any atom is -0.411 e. The van der Waals surface area contributed by atoms with Gasteiger partial charge in [-0.25, -0.2) is 0 Å². The van der Waals surface area contributed by atoms with Crippen LogP contribution in [-0.4, -0.2) is 10.9 Å². The topological polar surface area (TPSA) is 32.6 Å². The van der Waals surface area contributed by atoms with Crippen LogP contribution in [0.3, 0.4) is 0 Å². The van der Waals surface area contributed by atoms with E-state index < -0.39 is 0 Å². The third-order valence-corrected chi connectivity index (χ3v) is 3.37. The largest absolute Gasteiger partial charge is 0.411 e. The van der Waals surface area contributed by atoms with Crippen molar-refractivity contribution in [3.63, 3.8) is 0 Å². The third-order valence-electron chi connectivity index (χ3n) is 3.37. The van der Waals surface area contributed by atoms with Crippen LogP contribution in [0.4, 0.5) is 0 Å². The molecule has 2 aromatic rings. The standard InChI is InChI=1S/C15H13NO/c17-16-15-10-14(11-6-2-1-3-7-11)12-8-4-5-9-13(12)15/h1-9,14,17H,10H2/b16-15-/t14-/m1/s1. The summed E-state index contributed by atoms with van der Waals surface area (Å²) in [4.78, 5) is 0. The number of hydrogen-bond donors (Lipinski definition) is 1. The van der Waals surface area contributed by atoms with Gasteiger partial charge in [0.15, 0.2) is 0 Å². The fraction of sp³-hybridized carbons (Fsp3) is 0.133. The highest BCUT2D eigenvalue weighted by molar-refractivity contribution is 6.05. The maximum absolute atomic E-state index is 9.07. The second-order valence-corrected chi connectivity index (χ2v) is 4.30. The molecule has 0 amide bonds. The molecule has 0 radical (unpaired) electrons. The first-order valence-corrected chi connectivity index (χ1v) is 5.75. The Morgan fingerprint density at radius 2 is 1.65 bits per heavy atom. The lowest BCUT2D eigenvalue weighted by Crippen LogP contribution is -1.96. The fourth-order valence-electron chi connectivity index (χ4n) is 2.55. The van der Waals surface area contributed by atoms with Crippen molar-refractivity contribution in [1.29, 1.82) is 0 Å². The number of hydrogen-bond acceptors (Lipinski definition) is 2. The molecule has 2 nitrogen and oxygen atoms in total. The van der Waals surface area contributed by atoms with Crippen LogP contribution in [0.15, 0.2) is 59.8 Å². The monoisotopic (exact) mass is 223 g/mol. The molecular weight excluding hydrogens is 210 g/mol. The van der Waals surface area contributed by atoms with Crippen LogP contribution >= 0.6 is 0 Å². The molecule has 0 fully saturated rings. The molecule has 1 aliphatic carbocycles. The fourth-order valence-corrected chi connectivity index (χ4v) is 2.55. The summed E-state index contributed by atoms with van der Waals surface area (Å²) < 4.78 is 0. The van der Waals surface area contributed by atoms with E-state index in [0.29, 0.717) is 5.92 Å². The molecule has 1 atom stereocenters. The van der Waals surface area contributed by atoms with Gasteiger partial charge < -0.3 is 5.21 Å². The normalized spacial score (nSPS) is 20.5. The summed E-state index contributed by atoms with van der Waals surface area (Å²) in [5.41, 5.74) is 4.39. The van der Waals surface area contributed by atoms with Crippen molar-refractivity contribution < 1.29 is 5.21 Å². The van der Waals surface area contributed by atoms with Crippen LogP contribution < -0.4 is 0 Å². The van der Waals surface area contributed by atoms with E-state index in [1.165, 1.54) is 11.1 Å². The average Bonchev–Trinajstić information content (AvgIpc) is 2.78. The second kappa shape index (κ2) is 4.06. The SMILES string of the molecule is O/N=C1/C[C@H](c2ccccc2)c2ccccc21. The van der Waals surface area contributed by atoms with Crippen LogP contribution in [0.25, 0.3) is 0 Å².